The van der Waals surface area contributed by atoms with Gasteiger partial charge in [-0.3, -0.25) is 19.1 Å². The average molecular weight is 378 g/mol. The first-order valence-corrected chi connectivity index (χ1v) is 8.01. The van der Waals surface area contributed by atoms with Gasteiger partial charge in [-0.1, -0.05) is 0 Å². The minimum absolute atomic E-state index is 0.0544. The summed E-state index contributed by atoms with van der Waals surface area (Å²) in [5.41, 5.74) is -4.05. The van der Waals surface area contributed by atoms with Gasteiger partial charge in [-0.2, -0.15) is 0 Å². The highest BCUT2D eigenvalue weighted by Crippen LogP contribution is 2.37. The molecular weight excluding hydrogens is 360 g/mol. The maximum Gasteiger partial charge on any atom is 0.331 e. The summed E-state index contributed by atoms with van der Waals surface area (Å²) < 4.78 is 11.2. The summed E-state index contributed by atoms with van der Waals surface area (Å²) in [5.74, 6) is -0.371. The first-order valence-electron chi connectivity index (χ1n) is 8.01. The molecule has 0 amide bonds. The van der Waals surface area contributed by atoms with Gasteiger partial charge >= 0.3 is 5.69 Å². The Morgan fingerprint density at radius 1 is 1.26 bits per heavy atom. The molecule has 4 atom stereocenters. The number of aromatic amines is 1. The minimum Gasteiger partial charge on any atom is -0.497 e. The van der Waals surface area contributed by atoms with Gasteiger partial charge in [0, 0.05) is 17.8 Å². The fraction of sp³-hybridized carbons (Fsp3) is 0.353. The Hall–Kier alpha value is -2.79. The van der Waals surface area contributed by atoms with Crippen LogP contribution in [-0.2, 0) is 10.5 Å². The first kappa shape index (κ1) is 19.0. The van der Waals surface area contributed by atoms with Crippen molar-refractivity contribution >= 4 is 5.78 Å². The molecule has 1 fully saturated rings. The SMILES string of the molecule is COc1ccc(C(=O)[C@@]2(n3ccc(=O)[nH]c3=O)O[C@H](CO)[C@@H](O)[C@H]2O)cc1. The van der Waals surface area contributed by atoms with Crippen LogP contribution in [0.1, 0.15) is 10.4 Å². The monoisotopic (exact) mass is 378 g/mol. The van der Waals surface area contributed by atoms with Crippen LogP contribution in [0.5, 0.6) is 5.75 Å². The van der Waals surface area contributed by atoms with Crippen LogP contribution in [0.25, 0.3) is 0 Å². The number of carbonyl (C=O) groups excluding carboxylic acids is 1. The Morgan fingerprint density at radius 2 is 1.93 bits per heavy atom. The quantitative estimate of drug-likeness (QED) is 0.445. The zero-order valence-corrected chi connectivity index (χ0v) is 14.2. The van der Waals surface area contributed by atoms with Crippen molar-refractivity contribution in [2.75, 3.05) is 13.7 Å². The maximum absolute atomic E-state index is 13.3. The van der Waals surface area contributed by atoms with Crippen molar-refractivity contribution in [2.45, 2.75) is 24.0 Å². The van der Waals surface area contributed by atoms with E-state index in [0.717, 1.165) is 12.3 Å². The number of aliphatic hydroxyl groups excluding tert-OH is 3. The number of rotatable bonds is 5. The van der Waals surface area contributed by atoms with E-state index >= 15 is 0 Å². The average Bonchev–Trinajstić information content (AvgIpc) is 2.93. The van der Waals surface area contributed by atoms with Gasteiger partial charge in [-0.05, 0) is 24.3 Å². The lowest BCUT2D eigenvalue weighted by molar-refractivity contribution is -0.117. The van der Waals surface area contributed by atoms with E-state index in [0.29, 0.717) is 10.3 Å². The molecule has 27 heavy (non-hydrogen) atoms. The number of hydrogen-bond acceptors (Lipinski definition) is 8. The number of methoxy groups -OCH3 is 1. The number of nitrogens with one attached hydrogen (secondary N) is 1. The molecule has 2 aromatic rings. The number of aromatic nitrogens is 2. The molecule has 2 heterocycles. The molecule has 10 nitrogen and oxygen atoms in total. The molecule has 144 valence electrons. The lowest BCUT2D eigenvalue weighted by atomic mass is 9.93. The van der Waals surface area contributed by atoms with Gasteiger partial charge in [0.05, 0.1) is 13.7 Å². The summed E-state index contributed by atoms with van der Waals surface area (Å²) in [4.78, 5) is 38.9. The Morgan fingerprint density at radius 3 is 2.44 bits per heavy atom. The van der Waals surface area contributed by atoms with Crippen molar-refractivity contribution in [1.29, 1.82) is 0 Å². The largest absolute Gasteiger partial charge is 0.497 e. The third kappa shape index (κ3) is 2.98. The van der Waals surface area contributed by atoms with E-state index in [-0.39, 0.29) is 5.56 Å². The van der Waals surface area contributed by atoms with Gasteiger partial charge in [-0.15, -0.1) is 0 Å². The van der Waals surface area contributed by atoms with Crippen LogP contribution >= 0.6 is 0 Å². The molecule has 1 aliphatic rings. The van der Waals surface area contributed by atoms with Crippen LogP contribution in [0.2, 0.25) is 0 Å². The van der Waals surface area contributed by atoms with Crippen LogP contribution in [0, 0.1) is 0 Å². The molecule has 4 N–H and O–H groups in total. The lowest BCUT2D eigenvalue weighted by Gasteiger charge is -2.32. The summed E-state index contributed by atoms with van der Waals surface area (Å²) in [6.45, 7) is -0.700. The fourth-order valence-corrected chi connectivity index (χ4v) is 3.07. The molecule has 3 rings (SSSR count). The zero-order valence-electron chi connectivity index (χ0n) is 14.2. The van der Waals surface area contributed by atoms with Crippen molar-refractivity contribution in [3.8, 4) is 5.75 Å². The van der Waals surface area contributed by atoms with Crippen LogP contribution in [0.3, 0.4) is 0 Å². The van der Waals surface area contributed by atoms with Gasteiger partial charge in [0.1, 0.15) is 24.1 Å². The van der Waals surface area contributed by atoms with Crippen molar-refractivity contribution in [3.63, 3.8) is 0 Å². The Kier molecular flexibility index (Phi) is 4.98. The van der Waals surface area contributed by atoms with E-state index in [1.807, 2.05) is 4.98 Å². The van der Waals surface area contributed by atoms with Gasteiger partial charge in [0.15, 0.2) is 0 Å². The molecule has 0 radical (unpaired) electrons. The molecule has 10 heteroatoms. The molecule has 1 aromatic carbocycles. The number of H-pyrrole nitrogens is 1. The first-order chi connectivity index (χ1) is 12.8. The van der Waals surface area contributed by atoms with E-state index in [9.17, 15) is 29.7 Å². The molecule has 0 unspecified atom stereocenters. The smallest absolute Gasteiger partial charge is 0.331 e. The van der Waals surface area contributed by atoms with Crippen molar-refractivity contribution in [1.82, 2.24) is 9.55 Å². The number of Topliss-reactive ketones (excluding diaryl/α,β-unsaturated/α-hetero) is 1. The van der Waals surface area contributed by atoms with E-state index in [1.165, 1.54) is 31.4 Å². The van der Waals surface area contributed by atoms with Crippen LogP contribution in [0.4, 0.5) is 0 Å². The summed E-state index contributed by atoms with van der Waals surface area (Å²) in [7, 11) is 1.45. The number of ketones is 1. The summed E-state index contributed by atoms with van der Waals surface area (Å²) in [6.07, 6.45) is -3.86. The van der Waals surface area contributed by atoms with E-state index < -0.39 is 47.7 Å². The third-order valence-corrected chi connectivity index (χ3v) is 4.48. The Bertz CT molecular complexity index is 950. The van der Waals surface area contributed by atoms with Crippen LogP contribution in [-0.4, -0.2) is 62.7 Å². The fourth-order valence-electron chi connectivity index (χ4n) is 3.07. The number of hydrogen-bond donors (Lipinski definition) is 4. The number of nitrogens with zero attached hydrogens (tertiary/aromatic N) is 1. The number of carbonyl (C=O) groups is 1. The molecule has 1 saturated heterocycles. The maximum atomic E-state index is 13.3. The van der Waals surface area contributed by atoms with E-state index in [2.05, 4.69) is 0 Å². The normalized spacial score (nSPS) is 27.5. The Balaban J connectivity index is 2.20. The molecule has 0 saturated carbocycles. The van der Waals surface area contributed by atoms with Gasteiger partial charge in [0.2, 0.25) is 11.5 Å². The highest BCUT2D eigenvalue weighted by molar-refractivity contribution is 6.01. The summed E-state index contributed by atoms with van der Waals surface area (Å²) >= 11 is 0. The zero-order chi connectivity index (χ0) is 19.8. The summed E-state index contributed by atoms with van der Waals surface area (Å²) in [5, 5.41) is 30.2. The summed E-state index contributed by atoms with van der Waals surface area (Å²) in [6, 6.07) is 6.76. The number of aliphatic hydroxyl groups is 3. The van der Waals surface area contributed by atoms with Crippen molar-refractivity contribution in [3.05, 3.63) is 62.9 Å². The predicted molar refractivity (Wildman–Crippen MR) is 90.6 cm³/mol. The van der Waals surface area contributed by atoms with Gasteiger partial charge < -0.3 is 24.8 Å². The second-order valence-electron chi connectivity index (χ2n) is 6.01. The molecule has 1 aliphatic heterocycles. The van der Waals surface area contributed by atoms with Crippen LogP contribution < -0.4 is 16.0 Å². The highest BCUT2D eigenvalue weighted by Gasteiger charge is 2.60. The second kappa shape index (κ2) is 7.08. The predicted octanol–water partition coefficient (Wildman–Crippen LogP) is -1.81. The molecule has 0 spiro atoms. The Labute approximate surface area is 152 Å². The van der Waals surface area contributed by atoms with Gasteiger partial charge in [0.25, 0.3) is 5.56 Å². The third-order valence-electron chi connectivity index (χ3n) is 4.48. The highest BCUT2D eigenvalue weighted by atomic mass is 16.6. The van der Waals surface area contributed by atoms with E-state index in [4.69, 9.17) is 9.47 Å². The minimum atomic E-state index is -2.37. The second-order valence-corrected chi connectivity index (χ2v) is 6.01. The number of ether oxygens (including phenoxy) is 2. The van der Waals surface area contributed by atoms with Crippen LogP contribution in [0.15, 0.2) is 46.1 Å². The number of benzene rings is 1. The lowest BCUT2D eigenvalue weighted by Crippen LogP contribution is -2.56. The van der Waals surface area contributed by atoms with Crippen molar-refractivity contribution in [2.24, 2.45) is 0 Å². The molecular formula is C17H18N2O8. The molecule has 0 aliphatic carbocycles. The van der Waals surface area contributed by atoms with E-state index in [1.54, 1.807) is 0 Å². The van der Waals surface area contributed by atoms with Gasteiger partial charge in [-0.25, -0.2) is 4.79 Å². The topological polar surface area (TPSA) is 151 Å². The standard InChI is InChI=1S/C17H18N2O8/c1-26-10-4-2-9(3-5-10)14(23)17(15(24)13(22)11(8-20)27-17)19-7-6-12(21)18-16(19)25/h2-7,11,13,15,20,22,24H,8H2,1H3,(H,18,21,25)/t11-,13-,15-,17-/m1/s1. The van der Waals surface area contributed by atoms with Crippen molar-refractivity contribution < 1.29 is 29.6 Å². The molecule has 1 aromatic heterocycles. The molecule has 0 bridgehead atoms.